The van der Waals surface area contributed by atoms with Crippen LogP contribution in [0.1, 0.15) is 37.0 Å². The number of benzene rings is 2. The van der Waals surface area contributed by atoms with Crippen LogP contribution in [0.5, 0.6) is 0 Å². The molecule has 0 spiro atoms. The number of nitrogens with zero attached hydrogens (tertiary/aromatic N) is 1. The van der Waals surface area contributed by atoms with Crippen LogP contribution in [0.25, 0.3) is 0 Å². The molecule has 1 heterocycles. The smallest absolute Gasteiger partial charge is 0.389 e. The topological polar surface area (TPSA) is 86.7 Å². The molecule has 0 bridgehead atoms. The first-order valence-corrected chi connectivity index (χ1v) is 13.4. The first-order valence-electron chi connectivity index (χ1n) is 11.9. The number of carbonyl (C=O) groups excluding carboxylic acids is 1. The van der Waals surface area contributed by atoms with Crippen molar-refractivity contribution in [2.75, 3.05) is 13.1 Å². The normalized spacial score (nSPS) is 21.8. The van der Waals surface area contributed by atoms with E-state index >= 15 is 0 Å². The maximum Gasteiger partial charge on any atom is 0.435 e. The van der Waals surface area contributed by atoms with Gasteiger partial charge in [0, 0.05) is 18.7 Å². The molecule has 40 heavy (non-hydrogen) atoms. The van der Waals surface area contributed by atoms with Gasteiger partial charge in [-0.05, 0) is 62.1 Å². The Kier molecular flexibility index (Phi) is 6.98. The number of rotatable bonds is 5. The molecule has 2 aromatic carbocycles. The van der Waals surface area contributed by atoms with Crippen LogP contribution in [0.3, 0.4) is 0 Å². The average molecular weight is 601 g/mol. The molecule has 2 amide bonds. The van der Waals surface area contributed by atoms with Gasteiger partial charge >= 0.3 is 24.1 Å². The lowest BCUT2D eigenvalue weighted by Gasteiger charge is -2.33. The van der Waals surface area contributed by atoms with Crippen LogP contribution in [0.4, 0.5) is 39.9 Å². The molecule has 2 aromatic rings. The molecular formula is C25H24F8N2O4S. The number of carbonyl (C=O) groups is 1. The second-order valence-corrected chi connectivity index (χ2v) is 12.7. The minimum absolute atomic E-state index is 0.178. The van der Waals surface area contributed by atoms with E-state index in [1.54, 1.807) is 0 Å². The Labute approximate surface area is 223 Å². The molecule has 220 valence electrons. The van der Waals surface area contributed by atoms with Crippen molar-refractivity contribution in [2.45, 2.75) is 66.0 Å². The minimum Gasteiger partial charge on any atom is -0.389 e. The summed E-state index contributed by atoms with van der Waals surface area (Å²) in [5.41, 5.74) is -9.38. The second kappa shape index (κ2) is 9.29. The van der Waals surface area contributed by atoms with E-state index in [2.05, 4.69) is 5.32 Å². The number of amides is 2. The van der Waals surface area contributed by atoms with E-state index in [-0.39, 0.29) is 41.6 Å². The third kappa shape index (κ3) is 4.50. The van der Waals surface area contributed by atoms with Crippen LogP contribution >= 0.6 is 0 Å². The number of halogens is 8. The van der Waals surface area contributed by atoms with Gasteiger partial charge in [0.1, 0.15) is 10.6 Å². The quantitative estimate of drug-likeness (QED) is 0.378. The van der Waals surface area contributed by atoms with Crippen molar-refractivity contribution in [1.82, 2.24) is 10.2 Å². The van der Waals surface area contributed by atoms with Crippen molar-refractivity contribution in [1.29, 1.82) is 0 Å². The summed E-state index contributed by atoms with van der Waals surface area (Å²) in [4.78, 5) is 13.7. The molecule has 15 heteroatoms. The predicted octanol–water partition coefficient (Wildman–Crippen LogP) is 4.90. The standard InChI is InChI=1S/C25H24F8N2O4S/c1-21(2,37)13-34-20(36)35-10-9-22(40(38,39)17-6-4-16(26)5-7-17)18-8-3-15(11-14(18)12-19(22)35)23(27,24(28,29)30)25(31,32)33/h3-8,11,19,37H,9-10,12-13H2,1-2H3,(H,34,36). The number of likely N-dealkylation sites (tertiary alicyclic amines) is 1. The first-order chi connectivity index (χ1) is 18.2. The highest BCUT2D eigenvalue weighted by Gasteiger charge is 2.74. The van der Waals surface area contributed by atoms with Gasteiger partial charge in [-0.25, -0.2) is 22.0 Å². The van der Waals surface area contributed by atoms with E-state index in [9.17, 15) is 53.4 Å². The van der Waals surface area contributed by atoms with Gasteiger partial charge in [0.05, 0.1) is 16.5 Å². The summed E-state index contributed by atoms with van der Waals surface area (Å²) in [7, 11) is -4.56. The molecule has 2 atom stereocenters. The first kappa shape index (κ1) is 30.0. The lowest BCUT2D eigenvalue weighted by molar-refractivity contribution is -0.348. The highest BCUT2D eigenvalue weighted by Crippen LogP contribution is 2.57. The zero-order valence-corrected chi connectivity index (χ0v) is 21.8. The van der Waals surface area contributed by atoms with Crippen LogP contribution < -0.4 is 5.32 Å². The van der Waals surface area contributed by atoms with Crippen LogP contribution in [0, 0.1) is 5.82 Å². The van der Waals surface area contributed by atoms with Crippen molar-refractivity contribution in [3.05, 3.63) is 65.0 Å². The van der Waals surface area contributed by atoms with Crippen LogP contribution in [-0.2, 0) is 26.7 Å². The van der Waals surface area contributed by atoms with Crippen molar-refractivity contribution in [2.24, 2.45) is 0 Å². The van der Waals surface area contributed by atoms with E-state index in [1.807, 2.05) is 0 Å². The number of urea groups is 1. The van der Waals surface area contributed by atoms with Crippen LogP contribution in [0.15, 0.2) is 47.4 Å². The highest BCUT2D eigenvalue weighted by molar-refractivity contribution is 7.92. The molecule has 1 aliphatic carbocycles. The fourth-order valence-corrected chi connectivity index (χ4v) is 7.79. The summed E-state index contributed by atoms with van der Waals surface area (Å²) in [6, 6.07) is 2.80. The molecule has 2 aliphatic rings. The van der Waals surface area contributed by atoms with Crippen molar-refractivity contribution in [3.63, 3.8) is 0 Å². The van der Waals surface area contributed by atoms with Gasteiger partial charge < -0.3 is 15.3 Å². The van der Waals surface area contributed by atoms with Crippen molar-refractivity contribution in [3.8, 4) is 0 Å². The Hall–Kier alpha value is -2.94. The van der Waals surface area contributed by atoms with E-state index < -0.39 is 68.1 Å². The molecule has 0 saturated carbocycles. The number of sulfone groups is 1. The van der Waals surface area contributed by atoms with Gasteiger partial charge in [-0.3, -0.25) is 0 Å². The number of alkyl halides is 7. The summed E-state index contributed by atoms with van der Waals surface area (Å²) < 4.78 is 135. The average Bonchev–Trinajstić information content (AvgIpc) is 3.36. The SMILES string of the molecule is CC(C)(O)CNC(=O)N1CCC2(S(=O)(=O)c3ccc(F)cc3)c3ccc(C(F)(C(F)(F)F)C(F)(F)F)cc3CC12. The summed E-state index contributed by atoms with van der Waals surface area (Å²) in [5.74, 6) is -0.762. The van der Waals surface area contributed by atoms with Crippen molar-refractivity contribution < 1.29 is 53.4 Å². The van der Waals surface area contributed by atoms with Gasteiger partial charge in [-0.2, -0.15) is 26.3 Å². The number of hydrogen-bond acceptors (Lipinski definition) is 4. The minimum atomic E-state index is -6.38. The van der Waals surface area contributed by atoms with Crippen LogP contribution in [-0.4, -0.2) is 61.5 Å². The van der Waals surface area contributed by atoms with E-state index in [4.69, 9.17) is 0 Å². The zero-order chi connectivity index (χ0) is 30.1. The summed E-state index contributed by atoms with van der Waals surface area (Å²) in [6.07, 6.45) is -13.6. The van der Waals surface area contributed by atoms with Gasteiger partial charge in [-0.15, -0.1) is 0 Å². The molecule has 0 aromatic heterocycles. The van der Waals surface area contributed by atoms with Gasteiger partial charge in [0.2, 0.25) is 0 Å². The van der Waals surface area contributed by atoms with E-state index in [0.29, 0.717) is 6.07 Å². The lowest BCUT2D eigenvalue weighted by atomic mass is 9.90. The lowest BCUT2D eigenvalue weighted by Crippen LogP contribution is -2.51. The largest absolute Gasteiger partial charge is 0.435 e. The number of nitrogens with one attached hydrogen (secondary N) is 1. The fourth-order valence-electron chi connectivity index (χ4n) is 5.45. The molecule has 6 nitrogen and oxygen atoms in total. The third-order valence-electron chi connectivity index (χ3n) is 7.33. The zero-order valence-electron chi connectivity index (χ0n) is 21.0. The Balaban J connectivity index is 1.89. The summed E-state index contributed by atoms with van der Waals surface area (Å²) in [5, 5.41) is 12.4. The van der Waals surface area contributed by atoms with Gasteiger partial charge in [0.15, 0.2) is 9.84 Å². The Morgan fingerprint density at radius 1 is 1.02 bits per heavy atom. The Morgan fingerprint density at radius 3 is 2.12 bits per heavy atom. The monoisotopic (exact) mass is 600 g/mol. The van der Waals surface area contributed by atoms with Gasteiger partial charge in [0.25, 0.3) is 0 Å². The molecule has 2 unspecified atom stereocenters. The number of fused-ring (bicyclic) bond motifs is 3. The number of aliphatic hydroxyl groups is 1. The molecule has 4 rings (SSSR count). The van der Waals surface area contributed by atoms with E-state index in [0.717, 1.165) is 35.2 Å². The highest BCUT2D eigenvalue weighted by atomic mass is 32.2. The summed E-state index contributed by atoms with van der Waals surface area (Å²) >= 11 is 0. The number of hydrogen-bond donors (Lipinski definition) is 2. The summed E-state index contributed by atoms with van der Waals surface area (Å²) in [6.45, 7) is 2.34. The van der Waals surface area contributed by atoms with Crippen LogP contribution in [0.2, 0.25) is 0 Å². The molecule has 2 N–H and O–H groups in total. The maximum atomic E-state index is 14.8. The van der Waals surface area contributed by atoms with Crippen molar-refractivity contribution >= 4 is 15.9 Å². The molecular weight excluding hydrogens is 576 g/mol. The molecule has 1 aliphatic heterocycles. The predicted molar refractivity (Wildman–Crippen MR) is 125 cm³/mol. The fraction of sp³-hybridized carbons (Fsp3) is 0.480. The molecule has 1 fully saturated rings. The Bertz CT molecular complexity index is 1400. The second-order valence-electron chi connectivity index (χ2n) is 10.5. The Morgan fingerprint density at radius 2 is 1.60 bits per heavy atom. The maximum absolute atomic E-state index is 14.8. The van der Waals surface area contributed by atoms with E-state index in [1.165, 1.54) is 13.8 Å². The molecule has 0 radical (unpaired) electrons. The molecule has 1 saturated heterocycles. The third-order valence-corrected chi connectivity index (χ3v) is 9.88. The van der Waals surface area contributed by atoms with Gasteiger partial charge in [-0.1, -0.05) is 18.2 Å².